The van der Waals surface area contributed by atoms with E-state index in [1.54, 1.807) is 18.5 Å². The predicted octanol–water partition coefficient (Wildman–Crippen LogP) is 1.57. The van der Waals surface area contributed by atoms with E-state index in [1.807, 2.05) is 19.0 Å². The Balaban J connectivity index is 0. The summed E-state index contributed by atoms with van der Waals surface area (Å²) < 4.78 is 0. The third kappa shape index (κ3) is 3.15. The number of rotatable bonds is 1. The number of anilines is 2. The predicted molar refractivity (Wildman–Crippen MR) is 57.5 cm³/mol. The molecule has 0 saturated carbocycles. The zero-order valence-corrected chi connectivity index (χ0v) is 8.65. The van der Waals surface area contributed by atoms with Crippen LogP contribution in [0, 0.1) is 0 Å². The maximum atomic E-state index is 5.64. The minimum atomic E-state index is 0. The number of nitrogens with two attached hydrogens (primary N) is 1. The van der Waals surface area contributed by atoms with Crippen LogP contribution < -0.4 is 10.6 Å². The molecule has 1 heterocycles. The molecule has 0 atom stereocenters. The lowest BCUT2D eigenvalue weighted by Crippen LogP contribution is -2.11. The highest BCUT2D eigenvalue weighted by atomic mass is 35.5. The maximum absolute atomic E-state index is 5.64. The van der Waals surface area contributed by atoms with Crippen molar-refractivity contribution in [3.8, 4) is 0 Å². The summed E-state index contributed by atoms with van der Waals surface area (Å²) in [5, 5.41) is 0. The Kier molecular flexibility index (Phi) is 6.85. The van der Waals surface area contributed by atoms with Crippen LogP contribution in [0.1, 0.15) is 0 Å². The van der Waals surface area contributed by atoms with Crippen molar-refractivity contribution in [3.63, 3.8) is 0 Å². The molecule has 12 heavy (non-hydrogen) atoms. The fourth-order valence-electron chi connectivity index (χ4n) is 0.771. The number of halogens is 2. The standard InChI is InChI=1S/C7H11N3.2ClH/c1-10(2)7-5-9-4-3-6(7)8;;/h3-5H,1-2H3,(H2,8,9);2*1H. The van der Waals surface area contributed by atoms with Crippen LogP contribution in [0.3, 0.4) is 0 Å². The maximum Gasteiger partial charge on any atom is 0.0781 e. The molecule has 0 aliphatic carbocycles. The van der Waals surface area contributed by atoms with Gasteiger partial charge in [0.05, 0.1) is 17.6 Å². The summed E-state index contributed by atoms with van der Waals surface area (Å²) in [6.07, 6.45) is 3.43. The quantitative estimate of drug-likeness (QED) is 0.764. The molecule has 0 aliphatic heterocycles. The van der Waals surface area contributed by atoms with Gasteiger partial charge in [-0.05, 0) is 6.07 Å². The summed E-state index contributed by atoms with van der Waals surface area (Å²) in [7, 11) is 3.88. The molecular formula is C7H13Cl2N3. The SMILES string of the molecule is CN(C)c1cnccc1N.Cl.Cl. The molecule has 3 nitrogen and oxygen atoms in total. The van der Waals surface area contributed by atoms with E-state index in [4.69, 9.17) is 5.73 Å². The monoisotopic (exact) mass is 209 g/mol. The van der Waals surface area contributed by atoms with E-state index in [9.17, 15) is 0 Å². The van der Waals surface area contributed by atoms with Gasteiger partial charge in [0.15, 0.2) is 0 Å². The first-order chi connectivity index (χ1) is 4.72. The Morgan fingerprint density at radius 3 is 2.25 bits per heavy atom. The summed E-state index contributed by atoms with van der Waals surface area (Å²) in [6, 6.07) is 1.79. The fourth-order valence-corrected chi connectivity index (χ4v) is 0.771. The molecule has 0 bridgehead atoms. The van der Waals surface area contributed by atoms with Gasteiger partial charge in [-0.25, -0.2) is 0 Å². The zero-order chi connectivity index (χ0) is 7.56. The van der Waals surface area contributed by atoms with Gasteiger partial charge in [-0.15, -0.1) is 24.8 Å². The summed E-state index contributed by atoms with van der Waals surface area (Å²) in [5.74, 6) is 0. The Hall–Kier alpha value is -0.670. The Bertz CT molecular complexity index is 228. The molecule has 70 valence electrons. The van der Waals surface area contributed by atoms with Crippen LogP contribution in [0.15, 0.2) is 18.5 Å². The Morgan fingerprint density at radius 2 is 1.92 bits per heavy atom. The van der Waals surface area contributed by atoms with E-state index in [1.165, 1.54) is 0 Å². The van der Waals surface area contributed by atoms with E-state index in [-0.39, 0.29) is 24.8 Å². The van der Waals surface area contributed by atoms with E-state index in [0.717, 1.165) is 11.4 Å². The smallest absolute Gasteiger partial charge is 0.0781 e. The number of hydrogen-bond donors (Lipinski definition) is 1. The number of nitrogens with zero attached hydrogens (tertiary/aromatic N) is 2. The Labute approximate surface area is 84.8 Å². The second-order valence-electron chi connectivity index (χ2n) is 2.33. The molecule has 2 N–H and O–H groups in total. The minimum absolute atomic E-state index is 0. The van der Waals surface area contributed by atoms with Crippen molar-refractivity contribution in [1.29, 1.82) is 0 Å². The van der Waals surface area contributed by atoms with Crippen LogP contribution in [-0.4, -0.2) is 19.1 Å². The van der Waals surface area contributed by atoms with Crippen LogP contribution >= 0.6 is 24.8 Å². The van der Waals surface area contributed by atoms with Gasteiger partial charge in [-0.1, -0.05) is 0 Å². The number of aromatic nitrogens is 1. The molecule has 0 radical (unpaired) electrons. The first-order valence-electron chi connectivity index (χ1n) is 3.08. The summed E-state index contributed by atoms with van der Waals surface area (Å²) in [5.41, 5.74) is 7.36. The second-order valence-corrected chi connectivity index (χ2v) is 2.33. The van der Waals surface area contributed by atoms with Crippen molar-refractivity contribution in [2.75, 3.05) is 24.7 Å². The van der Waals surface area contributed by atoms with Gasteiger partial charge in [-0.2, -0.15) is 0 Å². The molecule has 0 fully saturated rings. The summed E-state index contributed by atoms with van der Waals surface area (Å²) in [4.78, 5) is 5.88. The molecule has 0 aliphatic rings. The Morgan fingerprint density at radius 1 is 1.33 bits per heavy atom. The van der Waals surface area contributed by atoms with Crippen molar-refractivity contribution in [2.45, 2.75) is 0 Å². The number of pyridine rings is 1. The lowest BCUT2D eigenvalue weighted by atomic mass is 10.3. The van der Waals surface area contributed by atoms with Gasteiger partial charge in [0, 0.05) is 20.3 Å². The first-order valence-corrected chi connectivity index (χ1v) is 3.08. The van der Waals surface area contributed by atoms with Crippen molar-refractivity contribution in [2.24, 2.45) is 0 Å². The van der Waals surface area contributed by atoms with Gasteiger partial charge in [-0.3, -0.25) is 4.98 Å². The molecule has 0 saturated heterocycles. The van der Waals surface area contributed by atoms with Gasteiger partial charge in [0.1, 0.15) is 0 Å². The number of hydrogen-bond acceptors (Lipinski definition) is 3. The van der Waals surface area contributed by atoms with Crippen LogP contribution in [0.4, 0.5) is 11.4 Å². The average molecular weight is 210 g/mol. The molecule has 1 aromatic rings. The first kappa shape index (κ1) is 13.9. The molecule has 0 aromatic carbocycles. The average Bonchev–Trinajstić information content (AvgIpc) is 1.88. The van der Waals surface area contributed by atoms with E-state index in [2.05, 4.69) is 4.98 Å². The highest BCUT2D eigenvalue weighted by Crippen LogP contribution is 2.17. The lowest BCUT2D eigenvalue weighted by molar-refractivity contribution is 1.11. The van der Waals surface area contributed by atoms with Crippen LogP contribution in [-0.2, 0) is 0 Å². The molecule has 0 unspecified atom stereocenters. The van der Waals surface area contributed by atoms with E-state index >= 15 is 0 Å². The second kappa shape index (κ2) is 5.91. The van der Waals surface area contributed by atoms with E-state index < -0.39 is 0 Å². The lowest BCUT2D eigenvalue weighted by Gasteiger charge is -2.13. The zero-order valence-electron chi connectivity index (χ0n) is 7.02. The van der Waals surface area contributed by atoms with Gasteiger partial charge in [0.25, 0.3) is 0 Å². The van der Waals surface area contributed by atoms with Crippen molar-refractivity contribution in [1.82, 2.24) is 4.98 Å². The highest BCUT2D eigenvalue weighted by Gasteiger charge is 1.97. The van der Waals surface area contributed by atoms with Crippen LogP contribution in [0.2, 0.25) is 0 Å². The normalized spacial score (nSPS) is 7.83. The molecule has 1 rings (SSSR count). The minimum Gasteiger partial charge on any atom is -0.397 e. The summed E-state index contributed by atoms with van der Waals surface area (Å²) in [6.45, 7) is 0. The third-order valence-electron chi connectivity index (χ3n) is 1.31. The largest absolute Gasteiger partial charge is 0.397 e. The molecule has 0 spiro atoms. The van der Waals surface area contributed by atoms with Crippen molar-refractivity contribution < 1.29 is 0 Å². The molecular weight excluding hydrogens is 197 g/mol. The van der Waals surface area contributed by atoms with E-state index in [0.29, 0.717) is 0 Å². The topological polar surface area (TPSA) is 42.2 Å². The molecule has 1 aromatic heterocycles. The summed E-state index contributed by atoms with van der Waals surface area (Å²) >= 11 is 0. The molecule has 0 amide bonds. The van der Waals surface area contributed by atoms with Crippen molar-refractivity contribution in [3.05, 3.63) is 18.5 Å². The van der Waals surface area contributed by atoms with Gasteiger partial charge >= 0.3 is 0 Å². The van der Waals surface area contributed by atoms with Gasteiger partial charge in [0.2, 0.25) is 0 Å². The van der Waals surface area contributed by atoms with Crippen molar-refractivity contribution >= 4 is 36.2 Å². The fraction of sp³-hybridized carbons (Fsp3) is 0.286. The highest BCUT2D eigenvalue weighted by molar-refractivity contribution is 5.85. The molecule has 5 heteroatoms. The van der Waals surface area contributed by atoms with Crippen LogP contribution in [0.5, 0.6) is 0 Å². The van der Waals surface area contributed by atoms with Gasteiger partial charge < -0.3 is 10.6 Å². The van der Waals surface area contributed by atoms with Crippen LogP contribution in [0.25, 0.3) is 0 Å². The third-order valence-corrected chi connectivity index (χ3v) is 1.31. The number of nitrogen functional groups attached to an aromatic ring is 1.